The highest BCUT2D eigenvalue weighted by Crippen LogP contribution is 2.32. The molecule has 4 fully saturated rings. The predicted molar refractivity (Wildman–Crippen MR) is 83.1 cm³/mol. The molecule has 21 heavy (non-hydrogen) atoms. The Morgan fingerprint density at radius 2 is 1.62 bits per heavy atom. The molecule has 4 heteroatoms. The molecular weight excluding hydrogens is 265 g/mol. The number of para-hydroxylation sites is 1. The van der Waals surface area contributed by atoms with Crippen molar-refractivity contribution in [1.82, 2.24) is 9.80 Å². The molecule has 0 aliphatic carbocycles. The van der Waals surface area contributed by atoms with Crippen LogP contribution in [0.1, 0.15) is 12.8 Å². The van der Waals surface area contributed by atoms with Gasteiger partial charge in [0.2, 0.25) is 0 Å². The lowest BCUT2D eigenvalue weighted by Crippen LogP contribution is -2.61. The molecule has 2 bridgehead atoms. The number of piperidine rings is 3. The summed E-state index contributed by atoms with van der Waals surface area (Å²) in [4.78, 5) is 7.48. The first-order valence-electron chi connectivity index (χ1n) is 8.27. The molecule has 4 saturated heterocycles. The fraction of sp³-hybridized carbons (Fsp3) is 0.647. The maximum absolute atomic E-state index is 13.9. The van der Waals surface area contributed by atoms with Crippen molar-refractivity contribution >= 4 is 5.69 Å². The van der Waals surface area contributed by atoms with Gasteiger partial charge in [-0.3, -0.25) is 4.90 Å². The van der Waals surface area contributed by atoms with E-state index in [2.05, 4.69) is 14.7 Å². The van der Waals surface area contributed by atoms with Gasteiger partial charge in [-0.05, 0) is 44.0 Å². The van der Waals surface area contributed by atoms with E-state index >= 15 is 0 Å². The van der Waals surface area contributed by atoms with Crippen LogP contribution in [0, 0.1) is 11.7 Å². The average Bonchev–Trinajstić information content (AvgIpc) is 2.57. The van der Waals surface area contributed by atoms with Crippen molar-refractivity contribution in [2.45, 2.75) is 18.9 Å². The van der Waals surface area contributed by atoms with E-state index in [9.17, 15) is 4.39 Å². The lowest BCUT2D eigenvalue weighted by molar-refractivity contribution is 0.00307. The van der Waals surface area contributed by atoms with Gasteiger partial charge in [0, 0.05) is 38.8 Å². The topological polar surface area (TPSA) is 9.72 Å². The van der Waals surface area contributed by atoms with Crippen molar-refractivity contribution in [3.8, 4) is 0 Å². The van der Waals surface area contributed by atoms with Gasteiger partial charge >= 0.3 is 0 Å². The molecule has 0 N–H and O–H groups in total. The maximum Gasteiger partial charge on any atom is 0.146 e. The molecule has 0 amide bonds. The molecule has 0 spiro atoms. The van der Waals surface area contributed by atoms with E-state index in [0.29, 0.717) is 0 Å². The zero-order chi connectivity index (χ0) is 14.2. The number of hydrogen-bond acceptors (Lipinski definition) is 3. The second-order valence-electron chi connectivity index (χ2n) is 6.68. The SMILES string of the molecule is Fc1ccccc1N1CCN(C2CN3CCC2CC3)CC1. The van der Waals surface area contributed by atoms with Crippen LogP contribution in [0.2, 0.25) is 0 Å². The van der Waals surface area contributed by atoms with E-state index in [1.807, 2.05) is 12.1 Å². The molecule has 5 rings (SSSR count). The van der Waals surface area contributed by atoms with Crippen LogP contribution >= 0.6 is 0 Å². The second-order valence-corrected chi connectivity index (χ2v) is 6.68. The summed E-state index contributed by atoms with van der Waals surface area (Å²) >= 11 is 0. The zero-order valence-electron chi connectivity index (χ0n) is 12.5. The summed E-state index contributed by atoms with van der Waals surface area (Å²) in [5.74, 6) is 0.809. The first kappa shape index (κ1) is 13.5. The Kier molecular flexibility index (Phi) is 3.59. The number of benzene rings is 1. The number of halogens is 1. The summed E-state index contributed by atoms with van der Waals surface area (Å²) in [5, 5.41) is 0. The van der Waals surface area contributed by atoms with E-state index in [-0.39, 0.29) is 5.82 Å². The van der Waals surface area contributed by atoms with Gasteiger partial charge in [-0.25, -0.2) is 4.39 Å². The van der Waals surface area contributed by atoms with Crippen molar-refractivity contribution in [3.63, 3.8) is 0 Å². The molecule has 4 aliphatic rings. The minimum absolute atomic E-state index is 0.0891. The summed E-state index contributed by atoms with van der Waals surface area (Å²) in [6.45, 7) is 7.90. The molecule has 4 aliphatic heterocycles. The van der Waals surface area contributed by atoms with Gasteiger partial charge in [-0.15, -0.1) is 0 Å². The molecule has 0 saturated carbocycles. The number of hydrogen-bond donors (Lipinski definition) is 0. The molecule has 1 atom stereocenters. The Labute approximate surface area is 126 Å². The minimum Gasteiger partial charge on any atom is -0.367 e. The third kappa shape index (κ3) is 2.55. The lowest BCUT2D eigenvalue weighted by Gasteiger charge is -2.51. The molecule has 1 aromatic rings. The smallest absolute Gasteiger partial charge is 0.146 e. The Morgan fingerprint density at radius 1 is 0.905 bits per heavy atom. The van der Waals surface area contributed by atoms with Crippen molar-refractivity contribution < 1.29 is 4.39 Å². The molecule has 0 radical (unpaired) electrons. The molecule has 3 nitrogen and oxygen atoms in total. The third-order valence-corrected chi connectivity index (χ3v) is 5.60. The molecular formula is C17H24FN3. The first-order chi connectivity index (χ1) is 10.3. The monoisotopic (exact) mass is 289 g/mol. The van der Waals surface area contributed by atoms with Gasteiger partial charge in [0.15, 0.2) is 0 Å². The molecule has 114 valence electrons. The predicted octanol–water partition coefficient (Wildman–Crippen LogP) is 2.04. The number of fused-ring (bicyclic) bond motifs is 3. The maximum atomic E-state index is 13.9. The Bertz CT molecular complexity index is 491. The average molecular weight is 289 g/mol. The van der Waals surface area contributed by atoms with E-state index in [1.54, 1.807) is 12.1 Å². The third-order valence-electron chi connectivity index (χ3n) is 5.60. The first-order valence-corrected chi connectivity index (χ1v) is 8.27. The fourth-order valence-electron chi connectivity index (χ4n) is 4.35. The molecule has 1 aromatic carbocycles. The minimum atomic E-state index is -0.0891. The highest BCUT2D eigenvalue weighted by Gasteiger charge is 2.38. The second kappa shape index (κ2) is 5.58. The van der Waals surface area contributed by atoms with Crippen molar-refractivity contribution in [2.75, 3.05) is 50.7 Å². The molecule has 1 unspecified atom stereocenters. The number of nitrogens with zero attached hydrogens (tertiary/aromatic N) is 3. The summed E-state index contributed by atoms with van der Waals surface area (Å²) in [6.07, 6.45) is 2.75. The van der Waals surface area contributed by atoms with Crippen LogP contribution < -0.4 is 4.90 Å². The fourth-order valence-corrected chi connectivity index (χ4v) is 4.35. The van der Waals surface area contributed by atoms with Crippen LogP contribution in [0.25, 0.3) is 0 Å². The highest BCUT2D eigenvalue weighted by molar-refractivity contribution is 5.48. The standard InChI is InChI=1S/C17H24FN3/c18-15-3-1-2-4-16(15)20-9-11-21(12-10-20)17-13-19-7-5-14(17)6-8-19/h1-4,14,17H,5-13H2. The Morgan fingerprint density at radius 3 is 2.24 bits per heavy atom. The van der Waals surface area contributed by atoms with Crippen LogP contribution in [-0.4, -0.2) is 61.7 Å². The van der Waals surface area contributed by atoms with Crippen molar-refractivity contribution in [3.05, 3.63) is 30.1 Å². The number of anilines is 1. The summed E-state index contributed by atoms with van der Waals surface area (Å²) in [7, 11) is 0. The van der Waals surface area contributed by atoms with E-state index in [4.69, 9.17) is 0 Å². The van der Waals surface area contributed by atoms with Gasteiger partial charge in [0.25, 0.3) is 0 Å². The van der Waals surface area contributed by atoms with Crippen LogP contribution in [0.3, 0.4) is 0 Å². The van der Waals surface area contributed by atoms with Gasteiger partial charge in [-0.2, -0.15) is 0 Å². The summed E-state index contributed by atoms with van der Waals surface area (Å²) in [6, 6.07) is 7.91. The highest BCUT2D eigenvalue weighted by atomic mass is 19.1. The van der Waals surface area contributed by atoms with Crippen LogP contribution in [0.15, 0.2) is 24.3 Å². The Balaban J connectivity index is 1.40. The van der Waals surface area contributed by atoms with Crippen LogP contribution in [-0.2, 0) is 0 Å². The lowest BCUT2D eigenvalue weighted by atomic mass is 9.83. The van der Waals surface area contributed by atoms with E-state index in [1.165, 1.54) is 32.5 Å². The van der Waals surface area contributed by atoms with E-state index in [0.717, 1.165) is 43.8 Å². The van der Waals surface area contributed by atoms with Crippen LogP contribution in [0.4, 0.5) is 10.1 Å². The van der Waals surface area contributed by atoms with Gasteiger partial charge in [-0.1, -0.05) is 12.1 Å². The molecule has 4 heterocycles. The summed E-state index contributed by atoms with van der Waals surface area (Å²) in [5.41, 5.74) is 0.770. The zero-order valence-corrected chi connectivity index (χ0v) is 12.5. The normalized spacial score (nSPS) is 33.4. The van der Waals surface area contributed by atoms with Gasteiger partial charge in [0.1, 0.15) is 5.82 Å². The van der Waals surface area contributed by atoms with Crippen molar-refractivity contribution in [1.29, 1.82) is 0 Å². The van der Waals surface area contributed by atoms with Gasteiger partial charge < -0.3 is 9.80 Å². The number of rotatable bonds is 2. The molecule has 0 aromatic heterocycles. The van der Waals surface area contributed by atoms with Gasteiger partial charge in [0.05, 0.1) is 5.69 Å². The van der Waals surface area contributed by atoms with E-state index < -0.39 is 0 Å². The van der Waals surface area contributed by atoms with Crippen LogP contribution in [0.5, 0.6) is 0 Å². The largest absolute Gasteiger partial charge is 0.367 e. The summed E-state index contributed by atoms with van der Waals surface area (Å²) < 4.78 is 13.9. The quantitative estimate of drug-likeness (QED) is 0.825. The van der Waals surface area contributed by atoms with Crippen molar-refractivity contribution in [2.24, 2.45) is 5.92 Å². The Hall–Kier alpha value is -1.13. The number of piperazine rings is 1.